The molecule has 1 aromatic carbocycles. The average molecular weight is 285 g/mol. The number of hydrogen-bond acceptors (Lipinski definition) is 5. The van der Waals surface area contributed by atoms with Crippen molar-refractivity contribution in [3.63, 3.8) is 0 Å². The molecule has 6 nitrogen and oxygen atoms in total. The molecule has 3 rings (SSSR count). The predicted octanol–water partition coefficient (Wildman–Crippen LogP) is 2.12. The zero-order chi connectivity index (χ0) is 14.8. The molecule has 6 heteroatoms. The molecule has 0 aliphatic carbocycles. The molecular weight excluding hydrogens is 270 g/mol. The van der Waals surface area contributed by atoms with Crippen molar-refractivity contribution in [2.75, 3.05) is 18.5 Å². The van der Waals surface area contributed by atoms with Gasteiger partial charge in [-0.2, -0.15) is 0 Å². The molecule has 1 aromatic heterocycles. The molecule has 0 radical (unpaired) electrons. The van der Waals surface area contributed by atoms with Crippen molar-refractivity contribution in [2.45, 2.75) is 13.8 Å². The first-order valence-corrected chi connectivity index (χ1v) is 6.64. The van der Waals surface area contributed by atoms with E-state index in [9.17, 15) is 4.79 Å². The normalized spacial score (nSPS) is 12.9. The van der Waals surface area contributed by atoms with E-state index in [1.807, 2.05) is 13.8 Å². The highest BCUT2D eigenvalue weighted by atomic mass is 16.6. The van der Waals surface area contributed by atoms with Crippen LogP contribution in [-0.2, 0) is 0 Å². The predicted molar refractivity (Wildman–Crippen MR) is 76.9 cm³/mol. The quantitative estimate of drug-likeness (QED) is 0.915. The summed E-state index contributed by atoms with van der Waals surface area (Å²) in [5.41, 5.74) is 2.57. The van der Waals surface area contributed by atoms with Gasteiger partial charge in [0.05, 0.1) is 0 Å². The molecule has 1 aliphatic heterocycles. The lowest BCUT2D eigenvalue weighted by Gasteiger charge is -2.19. The van der Waals surface area contributed by atoms with Crippen molar-refractivity contribution in [3.05, 3.63) is 41.5 Å². The smallest absolute Gasteiger partial charge is 0.274 e. The minimum Gasteiger partial charge on any atom is -0.486 e. The van der Waals surface area contributed by atoms with Gasteiger partial charge in [0.25, 0.3) is 5.91 Å². The summed E-state index contributed by atoms with van der Waals surface area (Å²) in [5.74, 6) is 1.05. The van der Waals surface area contributed by atoms with E-state index in [1.54, 1.807) is 18.2 Å². The van der Waals surface area contributed by atoms with E-state index >= 15 is 0 Å². The second-order valence-corrected chi connectivity index (χ2v) is 4.75. The van der Waals surface area contributed by atoms with Gasteiger partial charge >= 0.3 is 0 Å². The summed E-state index contributed by atoms with van der Waals surface area (Å²) in [5, 5.41) is 2.81. The summed E-state index contributed by atoms with van der Waals surface area (Å²) >= 11 is 0. The van der Waals surface area contributed by atoms with Gasteiger partial charge in [-0.05, 0) is 26.0 Å². The minimum atomic E-state index is -0.269. The molecule has 0 saturated carbocycles. The lowest BCUT2D eigenvalue weighted by Crippen LogP contribution is -2.18. The van der Waals surface area contributed by atoms with E-state index in [1.165, 1.54) is 6.33 Å². The summed E-state index contributed by atoms with van der Waals surface area (Å²) in [6, 6.07) is 5.30. The van der Waals surface area contributed by atoms with Crippen LogP contribution in [0, 0.1) is 13.8 Å². The molecule has 2 aromatic rings. The summed E-state index contributed by atoms with van der Waals surface area (Å²) in [4.78, 5) is 20.4. The zero-order valence-corrected chi connectivity index (χ0v) is 11.8. The van der Waals surface area contributed by atoms with Crippen molar-refractivity contribution in [1.29, 1.82) is 0 Å². The molecule has 0 saturated heterocycles. The monoisotopic (exact) mass is 285 g/mol. The largest absolute Gasteiger partial charge is 0.486 e. The van der Waals surface area contributed by atoms with Gasteiger partial charge in [-0.15, -0.1) is 0 Å². The first kappa shape index (κ1) is 13.4. The van der Waals surface area contributed by atoms with E-state index in [-0.39, 0.29) is 5.91 Å². The highest BCUT2D eigenvalue weighted by Gasteiger charge is 2.16. The number of ether oxygens (including phenoxy) is 2. The lowest BCUT2D eigenvalue weighted by molar-refractivity contribution is 0.102. The number of aryl methyl sites for hydroxylation is 1. The van der Waals surface area contributed by atoms with Crippen LogP contribution in [0.5, 0.6) is 11.5 Å². The number of amides is 1. The Kier molecular flexibility index (Phi) is 3.43. The number of carbonyl (C=O) groups excluding carboxylic acids is 1. The highest BCUT2D eigenvalue weighted by molar-refractivity contribution is 6.04. The third-order valence-corrected chi connectivity index (χ3v) is 3.35. The molecule has 0 unspecified atom stereocenters. The van der Waals surface area contributed by atoms with Crippen LogP contribution in [0.3, 0.4) is 0 Å². The van der Waals surface area contributed by atoms with Gasteiger partial charge < -0.3 is 14.8 Å². The van der Waals surface area contributed by atoms with Crippen LogP contribution in [0.4, 0.5) is 5.69 Å². The lowest BCUT2D eigenvalue weighted by atomic mass is 10.2. The van der Waals surface area contributed by atoms with Gasteiger partial charge in [-0.25, -0.2) is 9.97 Å². The molecule has 0 fully saturated rings. The Balaban J connectivity index is 1.83. The Morgan fingerprint density at radius 3 is 2.71 bits per heavy atom. The molecule has 1 aliphatic rings. The molecular formula is C15H15N3O3. The zero-order valence-electron chi connectivity index (χ0n) is 11.8. The third-order valence-electron chi connectivity index (χ3n) is 3.35. The second-order valence-electron chi connectivity index (χ2n) is 4.75. The Morgan fingerprint density at radius 1 is 1.14 bits per heavy atom. The molecule has 0 bridgehead atoms. The van der Waals surface area contributed by atoms with Crippen molar-refractivity contribution in [2.24, 2.45) is 0 Å². The van der Waals surface area contributed by atoms with Gasteiger partial charge in [-0.1, -0.05) is 0 Å². The molecule has 2 heterocycles. The fraction of sp³-hybridized carbons (Fsp3) is 0.267. The summed E-state index contributed by atoms with van der Waals surface area (Å²) < 4.78 is 10.9. The Hall–Kier alpha value is -2.63. The maximum Gasteiger partial charge on any atom is 0.274 e. The van der Waals surface area contributed by atoms with Crippen LogP contribution in [-0.4, -0.2) is 29.1 Å². The van der Waals surface area contributed by atoms with Gasteiger partial charge in [0.1, 0.15) is 25.2 Å². The Labute approximate surface area is 122 Å². The number of nitrogens with zero attached hydrogens (tertiary/aromatic N) is 2. The molecule has 1 amide bonds. The number of hydrogen-bond donors (Lipinski definition) is 1. The van der Waals surface area contributed by atoms with Crippen LogP contribution >= 0.6 is 0 Å². The van der Waals surface area contributed by atoms with Crippen LogP contribution in [0.25, 0.3) is 0 Å². The standard InChI is InChI=1S/C15H15N3O3/c1-9-10(2)16-8-17-14(9)15(19)18-11-3-4-12-13(7-11)21-6-5-20-12/h3-4,7-8H,5-6H2,1-2H3,(H,18,19). The first-order valence-electron chi connectivity index (χ1n) is 6.64. The molecule has 0 atom stereocenters. The molecule has 21 heavy (non-hydrogen) atoms. The van der Waals surface area contributed by atoms with E-state index in [0.29, 0.717) is 36.1 Å². The molecule has 1 N–H and O–H groups in total. The van der Waals surface area contributed by atoms with Crippen LogP contribution in [0.15, 0.2) is 24.5 Å². The maximum absolute atomic E-state index is 12.3. The first-order chi connectivity index (χ1) is 10.1. The van der Waals surface area contributed by atoms with Gasteiger partial charge in [0.15, 0.2) is 11.5 Å². The number of benzene rings is 1. The number of fused-ring (bicyclic) bond motifs is 1. The second kappa shape index (κ2) is 5.40. The summed E-state index contributed by atoms with van der Waals surface area (Å²) in [6.07, 6.45) is 1.39. The minimum absolute atomic E-state index is 0.269. The number of anilines is 1. The van der Waals surface area contributed by atoms with Crippen LogP contribution in [0.1, 0.15) is 21.7 Å². The fourth-order valence-electron chi connectivity index (χ4n) is 2.08. The third kappa shape index (κ3) is 2.65. The van der Waals surface area contributed by atoms with Crippen molar-refractivity contribution >= 4 is 11.6 Å². The highest BCUT2D eigenvalue weighted by Crippen LogP contribution is 2.32. The topological polar surface area (TPSA) is 73.3 Å². The van der Waals surface area contributed by atoms with Crippen LogP contribution < -0.4 is 14.8 Å². The number of carbonyl (C=O) groups is 1. The Bertz CT molecular complexity index is 701. The summed E-state index contributed by atoms with van der Waals surface area (Å²) in [6.45, 7) is 4.72. The maximum atomic E-state index is 12.3. The number of aromatic nitrogens is 2. The number of nitrogens with one attached hydrogen (secondary N) is 1. The average Bonchev–Trinajstić information content (AvgIpc) is 2.50. The molecule has 0 spiro atoms. The van der Waals surface area contributed by atoms with E-state index in [0.717, 1.165) is 11.3 Å². The van der Waals surface area contributed by atoms with Crippen molar-refractivity contribution < 1.29 is 14.3 Å². The van der Waals surface area contributed by atoms with E-state index < -0.39 is 0 Å². The van der Waals surface area contributed by atoms with Crippen molar-refractivity contribution in [1.82, 2.24) is 9.97 Å². The summed E-state index contributed by atoms with van der Waals surface area (Å²) in [7, 11) is 0. The fourth-order valence-corrected chi connectivity index (χ4v) is 2.08. The van der Waals surface area contributed by atoms with E-state index in [4.69, 9.17) is 9.47 Å². The van der Waals surface area contributed by atoms with Crippen LogP contribution in [0.2, 0.25) is 0 Å². The van der Waals surface area contributed by atoms with Gasteiger partial charge in [0.2, 0.25) is 0 Å². The number of rotatable bonds is 2. The SMILES string of the molecule is Cc1ncnc(C(=O)Nc2ccc3c(c2)OCCO3)c1C. The molecule has 108 valence electrons. The Morgan fingerprint density at radius 2 is 1.90 bits per heavy atom. The van der Waals surface area contributed by atoms with Crippen molar-refractivity contribution in [3.8, 4) is 11.5 Å². The van der Waals surface area contributed by atoms with Gasteiger partial charge in [0, 0.05) is 23.0 Å². The van der Waals surface area contributed by atoms with E-state index in [2.05, 4.69) is 15.3 Å². The van der Waals surface area contributed by atoms with Gasteiger partial charge in [-0.3, -0.25) is 4.79 Å².